The Morgan fingerprint density at radius 3 is 2.28 bits per heavy atom. The molecule has 0 atom stereocenters. The summed E-state index contributed by atoms with van der Waals surface area (Å²) in [5.41, 5.74) is 2.39. The van der Waals surface area contributed by atoms with Crippen molar-refractivity contribution in [3.8, 4) is 0 Å². The number of rotatable bonds is 4. The van der Waals surface area contributed by atoms with E-state index in [1.165, 1.54) is 0 Å². The van der Waals surface area contributed by atoms with Gasteiger partial charge in [-0.2, -0.15) is 0 Å². The van der Waals surface area contributed by atoms with Crippen molar-refractivity contribution in [2.24, 2.45) is 0 Å². The molecule has 5 heteroatoms. The lowest BCUT2D eigenvalue weighted by molar-refractivity contribution is -0.142. The Morgan fingerprint density at radius 2 is 1.69 bits per heavy atom. The standard InChI is InChI=1S/C24H27ClN2O2/c1-17-5-2-3-6-21(17)22(28)26-20-11-15-27(16-12-20)23(29)24(13-4-14-24)18-7-9-19(25)10-8-18/h2-3,5-10,20H,4,11-16H2,1H3,(H,26,28). The molecular formula is C24H27ClN2O2. The first kappa shape index (κ1) is 20.0. The Bertz CT molecular complexity index is 897. The van der Waals surface area contributed by atoms with E-state index in [1.54, 1.807) is 0 Å². The Kier molecular flexibility index (Phi) is 5.64. The summed E-state index contributed by atoms with van der Waals surface area (Å²) in [4.78, 5) is 28.0. The van der Waals surface area contributed by atoms with Crippen LogP contribution in [0.15, 0.2) is 48.5 Å². The minimum Gasteiger partial charge on any atom is -0.349 e. The van der Waals surface area contributed by atoms with Crippen molar-refractivity contribution in [1.29, 1.82) is 0 Å². The average Bonchev–Trinajstić information content (AvgIpc) is 2.69. The van der Waals surface area contributed by atoms with Gasteiger partial charge in [-0.3, -0.25) is 9.59 Å². The van der Waals surface area contributed by atoms with Gasteiger partial charge in [0.15, 0.2) is 0 Å². The SMILES string of the molecule is Cc1ccccc1C(=O)NC1CCN(C(=O)C2(c3ccc(Cl)cc3)CCC2)CC1. The number of hydrogen-bond donors (Lipinski definition) is 1. The number of benzene rings is 2. The largest absolute Gasteiger partial charge is 0.349 e. The molecule has 0 aromatic heterocycles. The normalized spacial score (nSPS) is 18.8. The summed E-state index contributed by atoms with van der Waals surface area (Å²) >= 11 is 6.03. The number of likely N-dealkylation sites (tertiary alicyclic amines) is 1. The van der Waals surface area contributed by atoms with Crippen LogP contribution in [-0.4, -0.2) is 35.8 Å². The molecule has 0 radical (unpaired) electrons. The molecule has 29 heavy (non-hydrogen) atoms. The minimum atomic E-state index is -0.387. The number of aryl methyl sites for hydroxylation is 1. The van der Waals surface area contributed by atoms with Crippen molar-refractivity contribution < 1.29 is 9.59 Å². The number of carbonyl (C=O) groups excluding carboxylic acids is 2. The first-order chi connectivity index (χ1) is 14.0. The number of nitrogens with one attached hydrogen (secondary N) is 1. The minimum absolute atomic E-state index is 0.0236. The van der Waals surface area contributed by atoms with E-state index in [0.717, 1.165) is 48.8 Å². The van der Waals surface area contributed by atoms with Crippen molar-refractivity contribution in [3.05, 3.63) is 70.2 Å². The molecule has 152 valence electrons. The van der Waals surface area contributed by atoms with Crippen LogP contribution < -0.4 is 5.32 Å². The summed E-state index contributed by atoms with van der Waals surface area (Å²) in [5, 5.41) is 3.84. The Hall–Kier alpha value is -2.33. The van der Waals surface area contributed by atoms with Gasteiger partial charge in [-0.05, 0) is 61.9 Å². The number of amides is 2. The average molecular weight is 411 g/mol. The molecule has 1 N–H and O–H groups in total. The first-order valence-electron chi connectivity index (χ1n) is 10.4. The lowest BCUT2D eigenvalue weighted by Crippen LogP contribution is -2.55. The molecule has 2 aliphatic rings. The van der Waals surface area contributed by atoms with Crippen LogP contribution >= 0.6 is 11.6 Å². The Morgan fingerprint density at radius 1 is 1.03 bits per heavy atom. The van der Waals surface area contributed by atoms with Gasteiger partial charge in [0.2, 0.25) is 5.91 Å². The molecule has 2 aromatic carbocycles. The predicted molar refractivity (Wildman–Crippen MR) is 115 cm³/mol. The highest BCUT2D eigenvalue weighted by Gasteiger charge is 2.48. The van der Waals surface area contributed by atoms with E-state index < -0.39 is 0 Å². The van der Waals surface area contributed by atoms with Crippen LogP contribution in [0.25, 0.3) is 0 Å². The van der Waals surface area contributed by atoms with Crippen molar-refractivity contribution in [3.63, 3.8) is 0 Å². The number of halogens is 1. The van der Waals surface area contributed by atoms with Gasteiger partial charge >= 0.3 is 0 Å². The Labute approximate surface area is 177 Å². The molecule has 0 spiro atoms. The monoisotopic (exact) mass is 410 g/mol. The van der Waals surface area contributed by atoms with Crippen LogP contribution in [0.2, 0.25) is 5.02 Å². The third-order valence-electron chi connectivity index (χ3n) is 6.52. The lowest BCUT2D eigenvalue weighted by atomic mass is 9.63. The molecule has 1 saturated heterocycles. The van der Waals surface area contributed by atoms with Gasteiger partial charge in [0.25, 0.3) is 5.91 Å². The third kappa shape index (κ3) is 3.91. The third-order valence-corrected chi connectivity index (χ3v) is 6.77. The maximum absolute atomic E-state index is 13.4. The predicted octanol–water partition coefficient (Wildman–Crippen LogP) is 4.49. The van der Waals surface area contributed by atoms with E-state index in [4.69, 9.17) is 11.6 Å². The van der Waals surface area contributed by atoms with Gasteiger partial charge in [0, 0.05) is 29.7 Å². The van der Waals surface area contributed by atoms with Gasteiger partial charge in [-0.15, -0.1) is 0 Å². The van der Waals surface area contributed by atoms with Gasteiger partial charge in [0.1, 0.15) is 0 Å². The molecule has 4 rings (SSSR count). The summed E-state index contributed by atoms with van der Waals surface area (Å²) in [5.74, 6) is 0.208. The summed E-state index contributed by atoms with van der Waals surface area (Å²) < 4.78 is 0. The number of carbonyl (C=O) groups is 2. The molecule has 1 aliphatic carbocycles. The van der Waals surface area contributed by atoms with Crippen LogP contribution in [0, 0.1) is 6.92 Å². The summed E-state index contributed by atoms with van der Waals surface area (Å²) in [7, 11) is 0. The Balaban J connectivity index is 1.38. The molecule has 2 fully saturated rings. The van der Waals surface area contributed by atoms with Crippen LogP contribution in [0.3, 0.4) is 0 Å². The first-order valence-corrected chi connectivity index (χ1v) is 10.8. The van der Waals surface area contributed by atoms with E-state index in [0.29, 0.717) is 18.1 Å². The fourth-order valence-electron chi connectivity index (χ4n) is 4.55. The smallest absolute Gasteiger partial charge is 0.251 e. The number of piperidine rings is 1. The van der Waals surface area contributed by atoms with Gasteiger partial charge < -0.3 is 10.2 Å². The van der Waals surface area contributed by atoms with Crippen LogP contribution in [0.5, 0.6) is 0 Å². The molecule has 2 aromatic rings. The summed E-state index contributed by atoms with van der Waals surface area (Å²) in [6.07, 6.45) is 4.46. The van der Waals surface area contributed by atoms with Crippen LogP contribution in [0.1, 0.15) is 53.6 Å². The zero-order valence-electron chi connectivity index (χ0n) is 16.8. The van der Waals surface area contributed by atoms with Gasteiger partial charge in [0.05, 0.1) is 5.41 Å². The second-order valence-corrected chi connectivity index (χ2v) is 8.73. The molecule has 4 nitrogen and oxygen atoms in total. The van der Waals surface area contributed by atoms with Crippen molar-refractivity contribution in [2.45, 2.75) is 50.5 Å². The molecule has 1 heterocycles. The second-order valence-electron chi connectivity index (χ2n) is 8.30. The molecule has 2 amide bonds. The van der Waals surface area contributed by atoms with Crippen molar-refractivity contribution in [1.82, 2.24) is 10.2 Å². The fraction of sp³-hybridized carbons (Fsp3) is 0.417. The fourth-order valence-corrected chi connectivity index (χ4v) is 4.67. The van der Waals surface area contributed by atoms with E-state index in [-0.39, 0.29) is 23.3 Å². The van der Waals surface area contributed by atoms with Gasteiger partial charge in [-0.25, -0.2) is 0 Å². The van der Waals surface area contributed by atoms with Crippen molar-refractivity contribution >= 4 is 23.4 Å². The maximum atomic E-state index is 13.4. The highest BCUT2D eigenvalue weighted by molar-refractivity contribution is 6.30. The zero-order chi connectivity index (χ0) is 20.4. The van der Waals surface area contributed by atoms with Crippen LogP contribution in [0.4, 0.5) is 0 Å². The van der Waals surface area contributed by atoms with E-state index in [1.807, 2.05) is 60.4 Å². The lowest BCUT2D eigenvalue weighted by Gasteiger charge is -2.45. The molecule has 1 aliphatic heterocycles. The van der Waals surface area contributed by atoms with E-state index in [9.17, 15) is 9.59 Å². The topological polar surface area (TPSA) is 49.4 Å². The highest BCUT2D eigenvalue weighted by atomic mass is 35.5. The quantitative estimate of drug-likeness (QED) is 0.807. The summed E-state index contributed by atoms with van der Waals surface area (Å²) in [6, 6.07) is 15.5. The van der Waals surface area contributed by atoms with E-state index in [2.05, 4.69) is 5.32 Å². The second kappa shape index (κ2) is 8.19. The van der Waals surface area contributed by atoms with Crippen molar-refractivity contribution in [2.75, 3.05) is 13.1 Å². The van der Waals surface area contributed by atoms with E-state index >= 15 is 0 Å². The molecular weight excluding hydrogens is 384 g/mol. The maximum Gasteiger partial charge on any atom is 0.251 e. The van der Waals surface area contributed by atoms with Crippen LogP contribution in [-0.2, 0) is 10.2 Å². The summed E-state index contributed by atoms with van der Waals surface area (Å²) in [6.45, 7) is 3.32. The number of nitrogens with zero attached hydrogens (tertiary/aromatic N) is 1. The highest BCUT2D eigenvalue weighted by Crippen LogP contribution is 2.45. The molecule has 0 unspecified atom stereocenters. The number of hydrogen-bond acceptors (Lipinski definition) is 2. The molecule has 1 saturated carbocycles. The molecule has 0 bridgehead atoms. The van der Waals surface area contributed by atoms with Gasteiger partial charge in [-0.1, -0.05) is 48.4 Å². The zero-order valence-corrected chi connectivity index (χ0v) is 17.5.